The van der Waals surface area contributed by atoms with E-state index in [0.29, 0.717) is 12.3 Å². The standard InChI is InChI=1S/C18H21N3O4/c1-25-11-10-20-8-6-13-12-14(2-3-15(13)20)19-16(22)7-9-21-17(23)4-5-18(21)24/h2-3,6,8,12H,4-5,7,9-11H2,1H3,(H,19,22). The number of anilines is 1. The Labute approximate surface area is 145 Å². The van der Waals surface area contributed by atoms with Crippen LogP contribution >= 0.6 is 0 Å². The number of imide groups is 1. The van der Waals surface area contributed by atoms with E-state index in [1.54, 1.807) is 7.11 Å². The van der Waals surface area contributed by atoms with Crippen molar-refractivity contribution in [1.82, 2.24) is 9.47 Å². The number of carbonyl (C=O) groups excluding carboxylic acids is 3. The average molecular weight is 343 g/mol. The van der Waals surface area contributed by atoms with Crippen LogP contribution in [0.15, 0.2) is 30.5 Å². The average Bonchev–Trinajstić information content (AvgIpc) is 3.14. The number of ether oxygens (including phenoxy) is 1. The minimum atomic E-state index is -0.217. The molecule has 1 N–H and O–H groups in total. The van der Waals surface area contributed by atoms with Crippen LogP contribution in [-0.4, -0.2) is 47.4 Å². The van der Waals surface area contributed by atoms with Gasteiger partial charge in [-0.15, -0.1) is 0 Å². The highest BCUT2D eigenvalue weighted by Crippen LogP contribution is 2.21. The second kappa shape index (κ2) is 7.48. The van der Waals surface area contributed by atoms with Crippen molar-refractivity contribution in [2.45, 2.75) is 25.8 Å². The van der Waals surface area contributed by atoms with Crippen molar-refractivity contribution in [2.75, 3.05) is 25.6 Å². The lowest BCUT2D eigenvalue weighted by atomic mass is 10.2. The van der Waals surface area contributed by atoms with Gasteiger partial charge in [0.2, 0.25) is 17.7 Å². The highest BCUT2D eigenvalue weighted by Gasteiger charge is 2.28. The van der Waals surface area contributed by atoms with Crippen molar-refractivity contribution in [3.05, 3.63) is 30.5 Å². The van der Waals surface area contributed by atoms with Gasteiger partial charge in [0, 0.05) is 62.2 Å². The van der Waals surface area contributed by atoms with E-state index in [4.69, 9.17) is 4.74 Å². The lowest BCUT2D eigenvalue weighted by Gasteiger charge is -2.13. The van der Waals surface area contributed by atoms with Crippen LogP contribution < -0.4 is 5.32 Å². The van der Waals surface area contributed by atoms with E-state index in [1.165, 1.54) is 4.90 Å². The van der Waals surface area contributed by atoms with Crippen molar-refractivity contribution in [3.8, 4) is 0 Å². The van der Waals surface area contributed by atoms with Crippen LogP contribution in [0.3, 0.4) is 0 Å². The maximum atomic E-state index is 12.1. The van der Waals surface area contributed by atoms with Gasteiger partial charge in [-0.3, -0.25) is 19.3 Å². The fourth-order valence-corrected chi connectivity index (χ4v) is 2.97. The normalized spacial score (nSPS) is 14.5. The molecule has 1 saturated heterocycles. The van der Waals surface area contributed by atoms with Crippen molar-refractivity contribution in [1.29, 1.82) is 0 Å². The van der Waals surface area contributed by atoms with Gasteiger partial charge in [-0.05, 0) is 24.3 Å². The maximum absolute atomic E-state index is 12.1. The van der Waals surface area contributed by atoms with Crippen molar-refractivity contribution < 1.29 is 19.1 Å². The van der Waals surface area contributed by atoms with E-state index in [9.17, 15) is 14.4 Å². The first-order valence-corrected chi connectivity index (χ1v) is 8.29. The van der Waals surface area contributed by atoms with Crippen LogP contribution in [-0.2, 0) is 25.7 Å². The molecule has 132 valence electrons. The zero-order valence-electron chi connectivity index (χ0n) is 14.2. The summed E-state index contributed by atoms with van der Waals surface area (Å²) in [5.74, 6) is -0.612. The van der Waals surface area contributed by atoms with Gasteiger partial charge in [-0.2, -0.15) is 0 Å². The summed E-state index contributed by atoms with van der Waals surface area (Å²) in [6, 6.07) is 7.69. The van der Waals surface area contributed by atoms with Crippen LogP contribution in [0.25, 0.3) is 10.9 Å². The van der Waals surface area contributed by atoms with Crippen LogP contribution in [0, 0.1) is 0 Å². The van der Waals surface area contributed by atoms with Crippen LogP contribution in [0.4, 0.5) is 5.69 Å². The molecule has 0 atom stereocenters. The van der Waals surface area contributed by atoms with Crippen LogP contribution in [0.2, 0.25) is 0 Å². The summed E-state index contributed by atoms with van der Waals surface area (Å²) < 4.78 is 7.19. The third kappa shape index (κ3) is 3.88. The first-order valence-electron chi connectivity index (χ1n) is 8.29. The number of aromatic nitrogens is 1. The molecule has 2 heterocycles. The first kappa shape index (κ1) is 17.2. The highest BCUT2D eigenvalue weighted by atomic mass is 16.5. The third-order valence-electron chi connectivity index (χ3n) is 4.31. The number of nitrogens with one attached hydrogen (secondary N) is 1. The summed E-state index contributed by atoms with van der Waals surface area (Å²) in [5.41, 5.74) is 1.77. The molecule has 0 radical (unpaired) electrons. The van der Waals surface area contributed by atoms with Crippen LogP contribution in [0.1, 0.15) is 19.3 Å². The number of hydrogen-bond acceptors (Lipinski definition) is 4. The fraction of sp³-hybridized carbons (Fsp3) is 0.389. The quantitative estimate of drug-likeness (QED) is 0.777. The first-order chi connectivity index (χ1) is 12.1. The number of hydrogen-bond donors (Lipinski definition) is 1. The molecule has 0 spiro atoms. The predicted molar refractivity (Wildman–Crippen MR) is 93.0 cm³/mol. The Hall–Kier alpha value is -2.67. The Bertz CT molecular complexity index is 796. The minimum Gasteiger partial charge on any atom is -0.383 e. The number of amides is 3. The van der Waals surface area contributed by atoms with E-state index in [1.807, 2.05) is 30.5 Å². The third-order valence-corrected chi connectivity index (χ3v) is 4.31. The lowest BCUT2D eigenvalue weighted by Crippen LogP contribution is -2.32. The summed E-state index contributed by atoms with van der Waals surface area (Å²) >= 11 is 0. The van der Waals surface area contributed by atoms with Gasteiger partial charge in [-0.1, -0.05) is 0 Å². The van der Waals surface area contributed by atoms with E-state index in [2.05, 4.69) is 9.88 Å². The van der Waals surface area contributed by atoms with Gasteiger partial charge >= 0.3 is 0 Å². The summed E-state index contributed by atoms with van der Waals surface area (Å²) in [4.78, 5) is 36.3. The molecule has 1 aliphatic heterocycles. The molecule has 0 unspecified atom stereocenters. The summed E-state index contributed by atoms with van der Waals surface area (Å²) in [6.45, 7) is 1.54. The van der Waals surface area contributed by atoms with E-state index in [-0.39, 0.29) is 43.5 Å². The fourth-order valence-electron chi connectivity index (χ4n) is 2.97. The summed E-state index contributed by atoms with van der Waals surface area (Å²) in [7, 11) is 1.67. The van der Waals surface area contributed by atoms with Gasteiger partial charge in [-0.25, -0.2) is 0 Å². The summed E-state index contributed by atoms with van der Waals surface area (Å²) in [5, 5.41) is 3.84. The molecule has 7 heteroatoms. The Morgan fingerprint density at radius 2 is 1.92 bits per heavy atom. The molecule has 1 aromatic heterocycles. The molecule has 2 aromatic rings. The van der Waals surface area contributed by atoms with Crippen molar-refractivity contribution in [3.63, 3.8) is 0 Å². The SMILES string of the molecule is COCCn1ccc2cc(NC(=O)CCN3C(=O)CCC3=O)ccc21. The molecular weight excluding hydrogens is 322 g/mol. The van der Waals surface area contributed by atoms with Gasteiger partial charge in [0.15, 0.2) is 0 Å². The Balaban J connectivity index is 1.59. The van der Waals surface area contributed by atoms with E-state index in [0.717, 1.165) is 17.4 Å². The lowest BCUT2D eigenvalue weighted by molar-refractivity contribution is -0.138. The van der Waals surface area contributed by atoms with Gasteiger partial charge in [0.05, 0.1) is 6.61 Å². The van der Waals surface area contributed by atoms with Crippen LogP contribution in [0.5, 0.6) is 0 Å². The van der Waals surface area contributed by atoms with Gasteiger partial charge < -0.3 is 14.6 Å². The van der Waals surface area contributed by atoms with E-state index >= 15 is 0 Å². The minimum absolute atomic E-state index is 0.102. The van der Waals surface area contributed by atoms with Gasteiger partial charge in [0.25, 0.3) is 0 Å². The van der Waals surface area contributed by atoms with Crippen molar-refractivity contribution in [2.24, 2.45) is 0 Å². The zero-order valence-corrected chi connectivity index (χ0v) is 14.2. The number of rotatable bonds is 7. The molecule has 7 nitrogen and oxygen atoms in total. The molecule has 1 aromatic carbocycles. The Morgan fingerprint density at radius 3 is 2.64 bits per heavy atom. The number of likely N-dealkylation sites (tertiary alicyclic amines) is 1. The monoisotopic (exact) mass is 343 g/mol. The maximum Gasteiger partial charge on any atom is 0.229 e. The highest BCUT2D eigenvalue weighted by molar-refractivity contribution is 6.02. The molecule has 25 heavy (non-hydrogen) atoms. The Morgan fingerprint density at radius 1 is 1.16 bits per heavy atom. The largest absolute Gasteiger partial charge is 0.383 e. The molecule has 0 aliphatic carbocycles. The van der Waals surface area contributed by atoms with E-state index < -0.39 is 0 Å². The number of carbonyl (C=O) groups is 3. The molecule has 1 aliphatic rings. The molecule has 1 fully saturated rings. The number of nitrogens with zero attached hydrogens (tertiary/aromatic N) is 2. The second-order valence-corrected chi connectivity index (χ2v) is 6.01. The number of fused-ring (bicyclic) bond motifs is 1. The number of benzene rings is 1. The topological polar surface area (TPSA) is 80.6 Å². The van der Waals surface area contributed by atoms with Gasteiger partial charge in [0.1, 0.15) is 0 Å². The van der Waals surface area contributed by atoms with Crippen molar-refractivity contribution >= 4 is 34.3 Å². The Kier molecular flexibility index (Phi) is 5.14. The molecular formula is C18H21N3O4. The number of methoxy groups -OCH3 is 1. The zero-order chi connectivity index (χ0) is 17.8. The molecule has 3 amide bonds. The molecule has 0 saturated carbocycles. The smallest absolute Gasteiger partial charge is 0.229 e. The molecule has 0 bridgehead atoms. The summed E-state index contributed by atoms with van der Waals surface area (Å²) in [6.07, 6.45) is 2.58. The predicted octanol–water partition coefficient (Wildman–Crippen LogP) is 1.77. The molecule has 3 rings (SSSR count). The second-order valence-electron chi connectivity index (χ2n) is 6.01.